The van der Waals surface area contributed by atoms with Crippen LogP contribution in [0.5, 0.6) is 0 Å². The van der Waals surface area contributed by atoms with E-state index in [0.717, 1.165) is 39.1 Å². The molecule has 1 saturated heterocycles. The van der Waals surface area contributed by atoms with E-state index < -0.39 is 5.79 Å². The molecule has 1 aliphatic rings. The highest BCUT2D eigenvalue weighted by Crippen LogP contribution is 2.43. The van der Waals surface area contributed by atoms with Crippen molar-refractivity contribution in [1.82, 2.24) is 0 Å². The van der Waals surface area contributed by atoms with E-state index in [9.17, 15) is 0 Å². The summed E-state index contributed by atoms with van der Waals surface area (Å²) in [5, 5.41) is 0. The van der Waals surface area contributed by atoms with E-state index in [1.54, 1.807) is 14.2 Å². The molecule has 2 unspecified atom stereocenters. The van der Waals surface area contributed by atoms with Crippen molar-refractivity contribution in [2.24, 2.45) is 5.41 Å². The van der Waals surface area contributed by atoms with Gasteiger partial charge in [-0.3, -0.25) is 0 Å². The minimum absolute atomic E-state index is 0.000691. The fourth-order valence-electron chi connectivity index (χ4n) is 3.39. The molecule has 0 N–H and O–H groups in total. The summed E-state index contributed by atoms with van der Waals surface area (Å²) in [7, 11) is 3.51. The molecule has 0 saturated carbocycles. The van der Waals surface area contributed by atoms with Crippen LogP contribution < -0.4 is 0 Å². The highest BCUT2D eigenvalue weighted by atomic mass is 16.7. The van der Waals surface area contributed by atoms with Crippen LogP contribution in [0.1, 0.15) is 78.6 Å². The maximum Gasteiger partial charge on any atom is 0.170 e. The Labute approximate surface area is 149 Å². The highest BCUT2D eigenvalue weighted by molar-refractivity contribution is 4.87. The van der Waals surface area contributed by atoms with Crippen molar-refractivity contribution < 1.29 is 18.9 Å². The Morgan fingerprint density at radius 1 is 0.917 bits per heavy atom. The average molecular weight is 345 g/mol. The van der Waals surface area contributed by atoms with E-state index in [0.29, 0.717) is 6.10 Å². The van der Waals surface area contributed by atoms with Crippen LogP contribution in [0.2, 0.25) is 0 Å². The number of methoxy groups -OCH3 is 2. The summed E-state index contributed by atoms with van der Waals surface area (Å²) in [5.74, 6) is -0.546. The van der Waals surface area contributed by atoms with Gasteiger partial charge >= 0.3 is 0 Å². The van der Waals surface area contributed by atoms with E-state index >= 15 is 0 Å². The molecule has 2 atom stereocenters. The molecule has 0 aromatic rings. The lowest BCUT2D eigenvalue weighted by Crippen LogP contribution is -2.47. The van der Waals surface area contributed by atoms with Crippen LogP contribution in [0.25, 0.3) is 0 Å². The topological polar surface area (TPSA) is 40.2 Å². The molecule has 0 spiro atoms. The summed E-state index contributed by atoms with van der Waals surface area (Å²) < 4.78 is 22.4. The van der Waals surface area contributed by atoms with Gasteiger partial charge < -0.3 is 18.9 Å². The Morgan fingerprint density at radius 2 is 1.50 bits per heavy atom. The summed E-state index contributed by atoms with van der Waals surface area (Å²) in [6.07, 6.45) is 11.4. The maximum absolute atomic E-state index is 5.77. The van der Waals surface area contributed by atoms with Crippen LogP contribution >= 0.6 is 0 Å². The molecule has 0 aromatic heterocycles. The Morgan fingerprint density at radius 3 is 2.08 bits per heavy atom. The van der Waals surface area contributed by atoms with E-state index in [1.807, 2.05) is 0 Å². The summed E-state index contributed by atoms with van der Waals surface area (Å²) in [6, 6.07) is 0. The second-order valence-corrected chi connectivity index (χ2v) is 7.57. The summed E-state index contributed by atoms with van der Waals surface area (Å²) in [4.78, 5) is 0. The monoisotopic (exact) mass is 344 g/mol. The lowest BCUT2D eigenvalue weighted by atomic mass is 9.73. The second kappa shape index (κ2) is 11.5. The van der Waals surface area contributed by atoms with Crippen molar-refractivity contribution in [3.63, 3.8) is 0 Å². The summed E-state index contributed by atoms with van der Waals surface area (Å²) in [5.41, 5.74) is 0.000691. The standard InChI is InChI=1S/C20H40O4/c1-6-7-8-9-10-11-13-19(2,20(3,21-4)22-5)14-12-15-23-16-18-17-24-18/h18H,6-17H2,1-5H3. The smallest absolute Gasteiger partial charge is 0.170 e. The minimum Gasteiger partial charge on any atom is -0.379 e. The number of ether oxygens (including phenoxy) is 4. The van der Waals surface area contributed by atoms with Gasteiger partial charge in [0.2, 0.25) is 0 Å². The van der Waals surface area contributed by atoms with Gasteiger partial charge in [-0.2, -0.15) is 0 Å². The molecule has 144 valence electrons. The van der Waals surface area contributed by atoms with Gasteiger partial charge in [0, 0.05) is 26.2 Å². The van der Waals surface area contributed by atoms with E-state index in [2.05, 4.69) is 20.8 Å². The molecule has 0 radical (unpaired) electrons. The Hall–Kier alpha value is -0.160. The number of hydrogen-bond acceptors (Lipinski definition) is 4. The van der Waals surface area contributed by atoms with Gasteiger partial charge in [-0.1, -0.05) is 52.4 Å². The Bertz CT molecular complexity index is 313. The first-order chi connectivity index (χ1) is 11.5. The first-order valence-electron chi connectivity index (χ1n) is 9.81. The van der Waals surface area contributed by atoms with Crippen LogP contribution in [0.4, 0.5) is 0 Å². The summed E-state index contributed by atoms with van der Waals surface area (Å²) in [6.45, 7) is 9.02. The van der Waals surface area contributed by atoms with Gasteiger partial charge in [-0.15, -0.1) is 0 Å². The Balaban J connectivity index is 2.38. The lowest BCUT2D eigenvalue weighted by molar-refractivity contribution is -0.265. The molecule has 1 heterocycles. The van der Waals surface area contributed by atoms with E-state index in [1.165, 1.54) is 38.5 Å². The van der Waals surface area contributed by atoms with Crippen molar-refractivity contribution in [3.05, 3.63) is 0 Å². The number of unbranched alkanes of at least 4 members (excludes halogenated alkanes) is 5. The van der Waals surface area contributed by atoms with Crippen LogP contribution in [0.15, 0.2) is 0 Å². The zero-order chi connectivity index (χ0) is 17.9. The molecule has 4 heteroatoms. The Kier molecular flexibility index (Phi) is 10.4. The van der Waals surface area contributed by atoms with Gasteiger partial charge in [0.05, 0.1) is 13.2 Å². The van der Waals surface area contributed by atoms with E-state index in [-0.39, 0.29) is 5.41 Å². The van der Waals surface area contributed by atoms with Crippen molar-refractivity contribution in [3.8, 4) is 0 Å². The number of rotatable bonds is 16. The SMILES string of the molecule is CCCCCCCCC(C)(CCCOCC1CO1)C(C)(OC)OC. The first kappa shape index (κ1) is 21.9. The van der Waals surface area contributed by atoms with Gasteiger partial charge in [-0.25, -0.2) is 0 Å². The number of hydrogen-bond donors (Lipinski definition) is 0. The van der Waals surface area contributed by atoms with Crippen molar-refractivity contribution >= 4 is 0 Å². The van der Waals surface area contributed by atoms with Crippen LogP contribution in [0, 0.1) is 5.41 Å². The predicted molar refractivity (Wildman–Crippen MR) is 98.3 cm³/mol. The quantitative estimate of drug-likeness (QED) is 0.226. The third-order valence-electron chi connectivity index (χ3n) is 5.68. The van der Waals surface area contributed by atoms with Crippen LogP contribution in [0.3, 0.4) is 0 Å². The first-order valence-corrected chi connectivity index (χ1v) is 9.81. The van der Waals surface area contributed by atoms with Crippen molar-refractivity contribution in [2.45, 2.75) is 90.4 Å². The molecule has 0 amide bonds. The van der Waals surface area contributed by atoms with Gasteiger partial charge in [-0.05, 0) is 26.2 Å². The third kappa shape index (κ3) is 7.38. The van der Waals surface area contributed by atoms with Gasteiger partial charge in [0.1, 0.15) is 6.10 Å². The minimum atomic E-state index is -0.546. The lowest BCUT2D eigenvalue weighted by Gasteiger charge is -2.44. The predicted octanol–water partition coefficient (Wildman–Crippen LogP) is 4.95. The molecule has 1 rings (SSSR count). The van der Waals surface area contributed by atoms with Crippen LogP contribution in [-0.4, -0.2) is 45.9 Å². The molecule has 1 fully saturated rings. The molecule has 0 aliphatic carbocycles. The number of epoxide rings is 1. The van der Waals surface area contributed by atoms with Crippen molar-refractivity contribution in [1.29, 1.82) is 0 Å². The largest absolute Gasteiger partial charge is 0.379 e. The fourth-order valence-corrected chi connectivity index (χ4v) is 3.39. The van der Waals surface area contributed by atoms with E-state index in [4.69, 9.17) is 18.9 Å². The van der Waals surface area contributed by atoms with Gasteiger partial charge in [0.25, 0.3) is 0 Å². The summed E-state index contributed by atoms with van der Waals surface area (Å²) >= 11 is 0. The zero-order valence-corrected chi connectivity index (χ0v) is 16.7. The third-order valence-corrected chi connectivity index (χ3v) is 5.68. The van der Waals surface area contributed by atoms with Crippen LogP contribution in [-0.2, 0) is 18.9 Å². The molecule has 4 nitrogen and oxygen atoms in total. The molecule has 1 aliphatic heterocycles. The molecular formula is C20H40O4. The maximum atomic E-state index is 5.77. The zero-order valence-electron chi connectivity index (χ0n) is 16.7. The normalized spacial score (nSPS) is 20.1. The second-order valence-electron chi connectivity index (χ2n) is 7.57. The van der Waals surface area contributed by atoms with Gasteiger partial charge in [0.15, 0.2) is 5.79 Å². The average Bonchev–Trinajstić information content (AvgIpc) is 3.41. The highest BCUT2D eigenvalue weighted by Gasteiger charge is 2.44. The fraction of sp³-hybridized carbons (Fsp3) is 1.00. The molecule has 0 bridgehead atoms. The molecule has 24 heavy (non-hydrogen) atoms. The molecular weight excluding hydrogens is 304 g/mol. The van der Waals surface area contributed by atoms with Crippen molar-refractivity contribution in [2.75, 3.05) is 34.0 Å². The molecule has 0 aromatic carbocycles.